The topological polar surface area (TPSA) is 0 Å². The van der Waals surface area contributed by atoms with Gasteiger partial charge in [0.15, 0.2) is 0 Å². The van der Waals surface area contributed by atoms with Gasteiger partial charge < -0.3 is 0 Å². The summed E-state index contributed by atoms with van der Waals surface area (Å²) in [4.78, 5) is 0. The van der Waals surface area contributed by atoms with Crippen LogP contribution in [0, 0.1) is 0 Å². The van der Waals surface area contributed by atoms with Crippen molar-refractivity contribution < 1.29 is 0 Å². The highest BCUT2D eigenvalue weighted by atomic mass is 79.9. The molecule has 150 valence electrons. The number of hydrogen-bond donors (Lipinski definition) is 0. The van der Waals surface area contributed by atoms with Crippen LogP contribution in [0.2, 0.25) is 0 Å². The van der Waals surface area contributed by atoms with Crippen molar-refractivity contribution in [1.29, 1.82) is 0 Å². The Morgan fingerprint density at radius 3 is 1.71 bits per heavy atom. The van der Waals surface area contributed by atoms with Crippen molar-refractivity contribution in [2.24, 2.45) is 0 Å². The van der Waals surface area contributed by atoms with E-state index in [0.717, 1.165) is 15.4 Å². The second-order valence-corrected chi connectivity index (χ2v) is 9.51. The van der Waals surface area contributed by atoms with Gasteiger partial charge in [-0.15, -0.1) is 0 Å². The van der Waals surface area contributed by atoms with Crippen LogP contribution in [-0.2, 0) is 6.42 Å². The Bertz CT molecular complexity index is 1340. The molecule has 0 spiro atoms. The standard InChI is InChI=1S/C29H20Br2/c30-25-14-10-21(11-15-25)28-24(18-20-6-2-1-3-7-20)19-23-8-4-5-9-27(23)29(28)22-12-16-26(31)17-13-22/h1-17,19H,18H2. The van der Waals surface area contributed by atoms with Gasteiger partial charge >= 0.3 is 0 Å². The van der Waals surface area contributed by atoms with Gasteiger partial charge in [-0.3, -0.25) is 0 Å². The molecule has 0 nitrogen and oxygen atoms in total. The summed E-state index contributed by atoms with van der Waals surface area (Å²) in [6, 6.07) is 39.1. The second kappa shape index (κ2) is 8.82. The Labute approximate surface area is 199 Å². The minimum absolute atomic E-state index is 0.889. The first-order valence-electron chi connectivity index (χ1n) is 10.3. The van der Waals surface area contributed by atoms with E-state index in [-0.39, 0.29) is 0 Å². The highest BCUT2D eigenvalue weighted by Gasteiger charge is 2.17. The molecular formula is C29H20Br2. The van der Waals surface area contributed by atoms with Crippen LogP contribution in [0.1, 0.15) is 11.1 Å². The van der Waals surface area contributed by atoms with Crippen molar-refractivity contribution >= 4 is 42.6 Å². The number of hydrogen-bond acceptors (Lipinski definition) is 0. The van der Waals surface area contributed by atoms with Crippen LogP contribution in [0.25, 0.3) is 33.0 Å². The Hall–Kier alpha value is -2.68. The predicted octanol–water partition coefficient (Wildman–Crippen LogP) is 9.29. The van der Waals surface area contributed by atoms with Crippen LogP contribution in [0.15, 0.2) is 118 Å². The molecule has 0 bridgehead atoms. The number of benzene rings is 5. The quantitative estimate of drug-likeness (QED) is 0.218. The van der Waals surface area contributed by atoms with Crippen LogP contribution in [0.5, 0.6) is 0 Å². The van der Waals surface area contributed by atoms with E-state index in [1.54, 1.807) is 0 Å². The first kappa shape index (κ1) is 20.2. The highest BCUT2D eigenvalue weighted by Crippen LogP contribution is 2.42. The van der Waals surface area contributed by atoms with Crippen LogP contribution in [-0.4, -0.2) is 0 Å². The molecule has 0 heterocycles. The summed E-state index contributed by atoms with van der Waals surface area (Å²) in [5.74, 6) is 0. The maximum absolute atomic E-state index is 3.60. The largest absolute Gasteiger partial charge is 0.0622 e. The summed E-state index contributed by atoms with van der Waals surface area (Å²) in [6.07, 6.45) is 0.889. The molecule has 0 radical (unpaired) electrons. The maximum Gasteiger partial charge on any atom is 0.0175 e. The van der Waals surface area contributed by atoms with Crippen molar-refractivity contribution in [1.82, 2.24) is 0 Å². The van der Waals surface area contributed by atoms with Crippen LogP contribution in [0.4, 0.5) is 0 Å². The van der Waals surface area contributed by atoms with Gasteiger partial charge in [-0.05, 0) is 74.8 Å². The van der Waals surface area contributed by atoms with Crippen molar-refractivity contribution in [3.05, 3.63) is 129 Å². The molecule has 5 aromatic rings. The van der Waals surface area contributed by atoms with Crippen LogP contribution < -0.4 is 0 Å². The fraction of sp³-hybridized carbons (Fsp3) is 0.0345. The summed E-state index contributed by atoms with van der Waals surface area (Å²) in [6.45, 7) is 0. The van der Waals surface area contributed by atoms with E-state index in [9.17, 15) is 0 Å². The molecule has 0 aliphatic heterocycles. The number of fused-ring (bicyclic) bond motifs is 1. The molecule has 0 atom stereocenters. The Balaban J connectivity index is 1.85. The third-order valence-corrected chi connectivity index (χ3v) is 6.69. The lowest BCUT2D eigenvalue weighted by atomic mass is 9.84. The van der Waals surface area contributed by atoms with Gasteiger partial charge in [0, 0.05) is 8.95 Å². The third kappa shape index (κ3) is 4.23. The smallest absolute Gasteiger partial charge is 0.0175 e. The highest BCUT2D eigenvalue weighted by molar-refractivity contribution is 9.10. The van der Waals surface area contributed by atoms with E-state index < -0.39 is 0 Å². The number of rotatable bonds is 4. The minimum atomic E-state index is 0.889. The Morgan fingerprint density at radius 1 is 0.516 bits per heavy atom. The molecule has 0 unspecified atom stereocenters. The SMILES string of the molecule is Brc1ccc(-c2c(Cc3ccccc3)cc3ccccc3c2-c2ccc(Br)cc2)cc1. The molecule has 0 fully saturated rings. The summed E-state index contributed by atoms with van der Waals surface area (Å²) in [5.41, 5.74) is 7.71. The van der Waals surface area contributed by atoms with Crippen molar-refractivity contribution in [3.63, 3.8) is 0 Å². The van der Waals surface area contributed by atoms with Crippen LogP contribution >= 0.6 is 31.9 Å². The lowest BCUT2D eigenvalue weighted by Crippen LogP contribution is -1.97. The zero-order valence-corrected chi connectivity index (χ0v) is 20.0. The Morgan fingerprint density at radius 2 is 1.06 bits per heavy atom. The minimum Gasteiger partial charge on any atom is -0.0622 e. The van der Waals surface area contributed by atoms with E-state index in [0.29, 0.717) is 0 Å². The summed E-state index contributed by atoms with van der Waals surface area (Å²) >= 11 is 7.19. The van der Waals surface area contributed by atoms with Gasteiger partial charge in [-0.1, -0.05) is 117 Å². The van der Waals surface area contributed by atoms with Crippen molar-refractivity contribution in [2.75, 3.05) is 0 Å². The van der Waals surface area contributed by atoms with E-state index in [1.807, 2.05) is 0 Å². The first-order valence-corrected chi connectivity index (χ1v) is 11.9. The normalized spacial score (nSPS) is 11.0. The zero-order chi connectivity index (χ0) is 21.2. The zero-order valence-electron chi connectivity index (χ0n) is 16.9. The molecule has 31 heavy (non-hydrogen) atoms. The van der Waals surface area contributed by atoms with E-state index >= 15 is 0 Å². The number of halogens is 2. The third-order valence-electron chi connectivity index (χ3n) is 5.63. The molecule has 2 heteroatoms. The fourth-order valence-electron chi connectivity index (χ4n) is 4.22. The van der Waals surface area contributed by atoms with Gasteiger partial charge in [-0.25, -0.2) is 0 Å². The second-order valence-electron chi connectivity index (χ2n) is 7.68. The molecule has 0 saturated carbocycles. The summed E-state index contributed by atoms with van der Waals surface area (Å²) in [7, 11) is 0. The maximum atomic E-state index is 3.60. The predicted molar refractivity (Wildman–Crippen MR) is 139 cm³/mol. The monoisotopic (exact) mass is 526 g/mol. The molecule has 0 aromatic heterocycles. The molecule has 5 rings (SSSR count). The van der Waals surface area contributed by atoms with Gasteiger partial charge in [-0.2, -0.15) is 0 Å². The van der Waals surface area contributed by atoms with Gasteiger partial charge in [0.05, 0.1) is 0 Å². The molecule has 5 aromatic carbocycles. The van der Waals surface area contributed by atoms with E-state index in [4.69, 9.17) is 0 Å². The van der Waals surface area contributed by atoms with Crippen LogP contribution in [0.3, 0.4) is 0 Å². The lowest BCUT2D eigenvalue weighted by Gasteiger charge is -2.19. The first-order chi connectivity index (χ1) is 15.2. The van der Waals surface area contributed by atoms with E-state index in [2.05, 4.69) is 141 Å². The molecule has 0 amide bonds. The molecular weight excluding hydrogens is 508 g/mol. The summed E-state index contributed by atoms with van der Waals surface area (Å²) in [5, 5.41) is 2.55. The average Bonchev–Trinajstić information content (AvgIpc) is 2.80. The van der Waals surface area contributed by atoms with Gasteiger partial charge in [0.25, 0.3) is 0 Å². The molecule has 0 aliphatic carbocycles. The van der Waals surface area contributed by atoms with Gasteiger partial charge in [0.1, 0.15) is 0 Å². The lowest BCUT2D eigenvalue weighted by molar-refractivity contribution is 1.20. The van der Waals surface area contributed by atoms with Crippen molar-refractivity contribution in [3.8, 4) is 22.3 Å². The Kier molecular flexibility index (Phi) is 5.76. The molecule has 0 saturated heterocycles. The molecule has 0 N–H and O–H groups in total. The summed E-state index contributed by atoms with van der Waals surface area (Å²) < 4.78 is 2.18. The van der Waals surface area contributed by atoms with Crippen molar-refractivity contribution in [2.45, 2.75) is 6.42 Å². The fourth-order valence-corrected chi connectivity index (χ4v) is 4.75. The van der Waals surface area contributed by atoms with E-state index in [1.165, 1.54) is 44.2 Å². The van der Waals surface area contributed by atoms with Gasteiger partial charge in [0.2, 0.25) is 0 Å². The molecule has 0 aliphatic rings. The average molecular weight is 528 g/mol.